The second kappa shape index (κ2) is 26.4. The number of hydrogen-bond donors (Lipinski definition) is 2. The van der Waals surface area contributed by atoms with Crippen molar-refractivity contribution in [1.82, 2.24) is 40.3 Å². The van der Waals surface area contributed by atoms with Crippen molar-refractivity contribution in [3.05, 3.63) is 95.7 Å². The van der Waals surface area contributed by atoms with E-state index in [-0.39, 0.29) is 55.1 Å². The van der Waals surface area contributed by atoms with Crippen molar-refractivity contribution >= 4 is 35.7 Å². The van der Waals surface area contributed by atoms with Gasteiger partial charge in [0.2, 0.25) is 23.6 Å². The van der Waals surface area contributed by atoms with Crippen LogP contribution in [0.25, 0.3) is 22.4 Å². The zero-order valence-corrected chi connectivity index (χ0v) is 46.6. The van der Waals surface area contributed by atoms with E-state index >= 15 is 0 Å². The van der Waals surface area contributed by atoms with Crippen molar-refractivity contribution in [2.75, 3.05) is 48.6 Å². The van der Waals surface area contributed by atoms with Crippen molar-refractivity contribution in [2.24, 2.45) is 23.7 Å². The van der Waals surface area contributed by atoms with E-state index in [2.05, 4.69) is 33.1 Å². The van der Waals surface area contributed by atoms with Crippen LogP contribution in [0.3, 0.4) is 0 Å². The molecule has 412 valence electrons. The van der Waals surface area contributed by atoms with E-state index in [1.807, 2.05) is 109 Å². The smallest absolute Gasteiger partial charge is 0.410 e. The van der Waals surface area contributed by atoms with Gasteiger partial charge in [0.15, 0.2) is 0 Å². The SMILES string of the molecule is CC[C@H](C)[C@@H]([C@@H](CC(=O)N1CCC[C@H]1[C@H](OC)[C@@H](C)C(=O)N[C@@H](Cn1cc(-c2ccc(C)cc2)nn1)C(=O)OC)OC)N(C)C(=O)[C@@H](NC(=O)[C@H](C(C)C)N(C)C(=O)OCC1c2ccccc2-c2ccccc21)C(C)C. The minimum absolute atomic E-state index is 0.0356. The van der Waals surface area contributed by atoms with Crippen LogP contribution in [0.4, 0.5) is 4.79 Å². The number of benzene rings is 3. The molecule has 76 heavy (non-hydrogen) atoms. The molecule has 1 fully saturated rings. The highest BCUT2D eigenvalue weighted by Crippen LogP contribution is 2.44. The molecule has 2 aliphatic rings. The number of likely N-dealkylation sites (N-methyl/N-ethyl adjacent to an activating group) is 2. The standard InChI is InChI=1S/C58H80N8O10/c1-14-37(7)52(63(9)56(70)50(34(2)3)60-55(69)51(35(4)5)64(10)58(72)76-33-44-42-22-17-15-20-40(42)41-21-16-18-23-43(41)44)48(73-11)30-49(67)66-29-19-24-47(66)53(74-12)38(8)54(68)59-46(57(71)75-13)32-65-31-45(61-62-65)39-27-25-36(6)26-28-39/h15-18,20-23,25-28,31,34-35,37-38,44,46-48,50-53H,14,19,24,29-30,32-33H2,1-13H3,(H,59,68)(H,60,69)/t37-,38+,46-,47-,48+,50-,51-,52-,53+/m0/s1. The third kappa shape index (κ3) is 13.3. The molecule has 1 aliphatic carbocycles. The van der Waals surface area contributed by atoms with Gasteiger partial charge in [0, 0.05) is 46.3 Å². The van der Waals surface area contributed by atoms with E-state index in [9.17, 15) is 28.8 Å². The number of nitrogens with zero attached hydrogens (tertiary/aromatic N) is 6. The number of fused-ring (bicyclic) bond motifs is 3. The topological polar surface area (TPSA) is 204 Å². The van der Waals surface area contributed by atoms with Gasteiger partial charge in [0.1, 0.15) is 30.4 Å². The molecule has 18 heteroatoms. The quantitative estimate of drug-likeness (QED) is 0.0690. The largest absolute Gasteiger partial charge is 0.467 e. The lowest BCUT2D eigenvalue weighted by Crippen LogP contribution is -2.60. The Kier molecular flexibility index (Phi) is 20.4. The third-order valence-corrected chi connectivity index (χ3v) is 15.5. The summed E-state index contributed by atoms with van der Waals surface area (Å²) in [5.41, 5.74) is 6.92. The number of carbonyl (C=O) groups is 6. The molecular formula is C58H80N8O10. The van der Waals surface area contributed by atoms with Crippen LogP contribution in [-0.2, 0) is 49.5 Å². The van der Waals surface area contributed by atoms with Gasteiger partial charge in [-0.2, -0.15) is 0 Å². The minimum atomic E-state index is -1.10. The van der Waals surface area contributed by atoms with E-state index < -0.39 is 72.2 Å². The molecule has 1 saturated heterocycles. The van der Waals surface area contributed by atoms with Gasteiger partial charge in [0.25, 0.3) is 0 Å². The Morgan fingerprint density at radius 3 is 1.99 bits per heavy atom. The number of methoxy groups -OCH3 is 3. The van der Waals surface area contributed by atoms with E-state index in [4.69, 9.17) is 18.9 Å². The van der Waals surface area contributed by atoms with Gasteiger partial charge in [-0.1, -0.05) is 138 Å². The van der Waals surface area contributed by atoms with Crippen LogP contribution in [0, 0.1) is 30.6 Å². The maximum atomic E-state index is 14.8. The lowest BCUT2D eigenvalue weighted by molar-refractivity contribution is -0.149. The van der Waals surface area contributed by atoms with Gasteiger partial charge in [0.05, 0.1) is 56.5 Å². The fraction of sp³-hybridized carbons (Fsp3) is 0.552. The molecule has 6 rings (SSSR count). The lowest BCUT2D eigenvalue weighted by atomic mass is 9.89. The van der Waals surface area contributed by atoms with Crippen LogP contribution >= 0.6 is 0 Å². The lowest BCUT2D eigenvalue weighted by Gasteiger charge is -2.41. The second-order valence-corrected chi connectivity index (χ2v) is 21.2. The molecule has 18 nitrogen and oxygen atoms in total. The number of aryl methyl sites for hydroxylation is 1. The van der Waals surface area contributed by atoms with Crippen molar-refractivity contribution in [1.29, 1.82) is 0 Å². The molecule has 3 aromatic carbocycles. The molecule has 5 amide bonds. The highest BCUT2D eigenvalue weighted by Gasteiger charge is 2.44. The molecule has 2 N–H and O–H groups in total. The first-order valence-electron chi connectivity index (χ1n) is 26.6. The van der Waals surface area contributed by atoms with Crippen molar-refractivity contribution < 1.29 is 47.7 Å². The van der Waals surface area contributed by atoms with Gasteiger partial charge in [-0.3, -0.25) is 24.1 Å². The zero-order valence-electron chi connectivity index (χ0n) is 46.6. The Labute approximate surface area is 448 Å². The first kappa shape index (κ1) is 58.6. The van der Waals surface area contributed by atoms with Gasteiger partial charge < -0.3 is 39.4 Å². The average Bonchev–Trinajstić information content (AvgIpc) is 4.17. The number of carbonyl (C=O) groups excluding carboxylic acids is 6. The average molecular weight is 1050 g/mol. The molecule has 0 radical (unpaired) electrons. The summed E-state index contributed by atoms with van der Waals surface area (Å²) in [6, 6.07) is 19.8. The number of nitrogens with one attached hydrogen (secondary N) is 2. The highest BCUT2D eigenvalue weighted by molar-refractivity contribution is 5.92. The Balaban J connectivity index is 1.10. The molecular weight excluding hydrogens is 969 g/mol. The summed E-state index contributed by atoms with van der Waals surface area (Å²) in [5.74, 6) is -4.03. The Bertz CT molecular complexity index is 2590. The number of likely N-dealkylation sites (tertiary alicyclic amines) is 1. The monoisotopic (exact) mass is 1050 g/mol. The number of hydrogen-bond acceptors (Lipinski definition) is 12. The maximum Gasteiger partial charge on any atom is 0.410 e. The molecule has 0 bridgehead atoms. The van der Waals surface area contributed by atoms with Crippen LogP contribution in [0.5, 0.6) is 0 Å². The fourth-order valence-electron chi connectivity index (χ4n) is 11.1. The van der Waals surface area contributed by atoms with Gasteiger partial charge in [-0.15, -0.1) is 5.10 Å². The van der Waals surface area contributed by atoms with Crippen LogP contribution in [0.1, 0.15) is 96.8 Å². The second-order valence-electron chi connectivity index (χ2n) is 21.2. The molecule has 1 aromatic heterocycles. The molecule has 0 spiro atoms. The first-order chi connectivity index (χ1) is 36.3. The minimum Gasteiger partial charge on any atom is -0.467 e. The molecule has 0 saturated carbocycles. The number of rotatable bonds is 24. The van der Waals surface area contributed by atoms with Crippen LogP contribution in [-0.4, -0.2) is 156 Å². The number of amides is 5. The summed E-state index contributed by atoms with van der Waals surface area (Å²) >= 11 is 0. The molecule has 2 heterocycles. The molecule has 1 aliphatic heterocycles. The van der Waals surface area contributed by atoms with E-state index in [1.54, 1.807) is 37.0 Å². The van der Waals surface area contributed by atoms with E-state index in [1.165, 1.54) is 30.9 Å². The number of ether oxygens (including phenoxy) is 4. The summed E-state index contributed by atoms with van der Waals surface area (Å²) in [6.07, 6.45) is 1.35. The van der Waals surface area contributed by atoms with Gasteiger partial charge in [-0.05, 0) is 59.8 Å². The van der Waals surface area contributed by atoms with Gasteiger partial charge in [-0.25, -0.2) is 14.3 Å². The summed E-state index contributed by atoms with van der Waals surface area (Å²) < 4.78 is 24.6. The van der Waals surface area contributed by atoms with Crippen LogP contribution < -0.4 is 10.6 Å². The Morgan fingerprint density at radius 2 is 1.42 bits per heavy atom. The highest BCUT2D eigenvalue weighted by atomic mass is 16.6. The first-order valence-corrected chi connectivity index (χ1v) is 26.6. The summed E-state index contributed by atoms with van der Waals surface area (Å²) in [6.45, 7) is 15.5. The number of esters is 1. The third-order valence-electron chi connectivity index (χ3n) is 15.5. The predicted octanol–water partition coefficient (Wildman–Crippen LogP) is 6.88. The van der Waals surface area contributed by atoms with Crippen LogP contribution in [0.2, 0.25) is 0 Å². The maximum absolute atomic E-state index is 14.8. The Morgan fingerprint density at radius 1 is 0.789 bits per heavy atom. The van der Waals surface area contributed by atoms with Crippen LogP contribution in [0.15, 0.2) is 79.0 Å². The van der Waals surface area contributed by atoms with Crippen molar-refractivity contribution in [3.8, 4) is 22.4 Å². The van der Waals surface area contributed by atoms with E-state index in [0.717, 1.165) is 33.4 Å². The molecule has 4 aromatic rings. The Hall–Kier alpha value is -6.66. The summed E-state index contributed by atoms with van der Waals surface area (Å²) in [7, 11) is 7.48. The van der Waals surface area contributed by atoms with Gasteiger partial charge >= 0.3 is 12.1 Å². The molecule has 0 unspecified atom stereocenters. The number of aromatic nitrogens is 3. The fourth-order valence-corrected chi connectivity index (χ4v) is 11.1. The van der Waals surface area contributed by atoms with E-state index in [0.29, 0.717) is 31.5 Å². The summed E-state index contributed by atoms with van der Waals surface area (Å²) in [5, 5.41) is 14.3. The molecule has 9 atom stereocenters. The van der Waals surface area contributed by atoms with Crippen molar-refractivity contribution in [3.63, 3.8) is 0 Å². The normalized spacial score (nSPS) is 17.4. The summed E-state index contributed by atoms with van der Waals surface area (Å²) in [4.78, 5) is 89.2. The zero-order chi connectivity index (χ0) is 55.5. The predicted molar refractivity (Wildman–Crippen MR) is 288 cm³/mol. The van der Waals surface area contributed by atoms with Crippen molar-refractivity contribution in [2.45, 2.75) is 136 Å².